The minimum Gasteiger partial charge on any atom is -0.495 e. The predicted octanol–water partition coefficient (Wildman–Crippen LogP) is 4.55. The molecule has 0 radical (unpaired) electrons. The van der Waals surface area contributed by atoms with Crippen LogP contribution in [0.2, 0.25) is 0 Å². The molecule has 4 aromatic rings. The van der Waals surface area contributed by atoms with Crippen molar-refractivity contribution in [1.82, 2.24) is 15.1 Å². The minimum atomic E-state index is -0.141. The zero-order valence-corrected chi connectivity index (χ0v) is 17.3. The van der Waals surface area contributed by atoms with Crippen molar-refractivity contribution in [3.63, 3.8) is 0 Å². The lowest BCUT2D eigenvalue weighted by Crippen LogP contribution is -2.13. The predicted molar refractivity (Wildman–Crippen MR) is 113 cm³/mol. The molecule has 0 saturated carbocycles. The van der Waals surface area contributed by atoms with Crippen molar-refractivity contribution in [1.29, 1.82) is 0 Å². The van der Waals surface area contributed by atoms with Crippen molar-refractivity contribution >= 4 is 44.9 Å². The van der Waals surface area contributed by atoms with Gasteiger partial charge in [0, 0.05) is 12.8 Å². The fourth-order valence-corrected chi connectivity index (χ4v) is 4.58. The topological polar surface area (TPSA) is 90.1 Å². The quantitative estimate of drug-likeness (QED) is 0.413. The summed E-state index contributed by atoms with van der Waals surface area (Å²) in [6.45, 7) is 0. The van der Waals surface area contributed by atoms with E-state index in [2.05, 4.69) is 26.5 Å². The SMILES string of the molecule is COc1ccccc1NC(=O)CCc1nc(CSc2nc3ccccc3s2)no1. The smallest absolute Gasteiger partial charge is 0.227 e. The summed E-state index contributed by atoms with van der Waals surface area (Å²) >= 11 is 3.22. The fourth-order valence-electron chi connectivity index (χ4n) is 2.67. The number of aryl methyl sites for hydroxylation is 1. The van der Waals surface area contributed by atoms with Gasteiger partial charge in [-0.1, -0.05) is 41.2 Å². The van der Waals surface area contributed by atoms with Crippen LogP contribution in [-0.4, -0.2) is 28.1 Å². The highest BCUT2D eigenvalue weighted by Crippen LogP contribution is 2.30. The molecule has 29 heavy (non-hydrogen) atoms. The Morgan fingerprint density at radius 3 is 2.86 bits per heavy atom. The van der Waals surface area contributed by atoms with Crippen LogP contribution in [-0.2, 0) is 17.0 Å². The van der Waals surface area contributed by atoms with Gasteiger partial charge in [0.2, 0.25) is 11.8 Å². The molecule has 9 heteroatoms. The number of fused-ring (bicyclic) bond motifs is 1. The van der Waals surface area contributed by atoms with Crippen LogP contribution in [0.15, 0.2) is 57.4 Å². The Labute approximate surface area is 175 Å². The van der Waals surface area contributed by atoms with Crippen LogP contribution < -0.4 is 10.1 Å². The third-order valence-electron chi connectivity index (χ3n) is 4.06. The van der Waals surface area contributed by atoms with Crippen molar-refractivity contribution in [3.8, 4) is 5.75 Å². The molecule has 2 aromatic heterocycles. The number of thioether (sulfide) groups is 1. The number of hydrogen-bond acceptors (Lipinski definition) is 8. The average Bonchev–Trinajstić information content (AvgIpc) is 3.37. The molecule has 1 amide bonds. The van der Waals surface area contributed by atoms with Gasteiger partial charge in [-0.15, -0.1) is 11.3 Å². The van der Waals surface area contributed by atoms with E-state index in [1.807, 2.05) is 30.3 Å². The molecule has 0 fully saturated rings. The average molecular weight is 427 g/mol. The number of amides is 1. The Balaban J connectivity index is 1.28. The second-order valence-electron chi connectivity index (χ2n) is 6.09. The zero-order chi connectivity index (χ0) is 20.1. The summed E-state index contributed by atoms with van der Waals surface area (Å²) in [5.41, 5.74) is 1.63. The molecule has 0 bridgehead atoms. The lowest BCUT2D eigenvalue weighted by molar-refractivity contribution is -0.116. The highest BCUT2D eigenvalue weighted by atomic mass is 32.2. The minimum absolute atomic E-state index is 0.141. The Bertz CT molecular complexity index is 1090. The molecule has 7 nitrogen and oxygen atoms in total. The lowest BCUT2D eigenvalue weighted by atomic mass is 10.2. The highest BCUT2D eigenvalue weighted by Gasteiger charge is 2.12. The van der Waals surface area contributed by atoms with Crippen LogP contribution in [0.3, 0.4) is 0 Å². The first-order chi connectivity index (χ1) is 14.2. The van der Waals surface area contributed by atoms with E-state index in [1.54, 1.807) is 42.3 Å². The molecule has 148 valence electrons. The van der Waals surface area contributed by atoms with Gasteiger partial charge in [-0.3, -0.25) is 4.79 Å². The molecule has 0 aliphatic rings. The van der Waals surface area contributed by atoms with E-state index in [-0.39, 0.29) is 12.3 Å². The van der Waals surface area contributed by atoms with E-state index in [0.29, 0.717) is 35.3 Å². The number of methoxy groups -OCH3 is 1. The van der Waals surface area contributed by atoms with E-state index in [0.717, 1.165) is 14.6 Å². The first-order valence-electron chi connectivity index (χ1n) is 8.94. The number of carbonyl (C=O) groups is 1. The number of nitrogens with zero attached hydrogens (tertiary/aromatic N) is 3. The van der Waals surface area contributed by atoms with Crippen molar-refractivity contribution in [3.05, 3.63) is 60.2 Å². The normalized spacial score (nSPS) is 10.9. The molecule has 4 rings (SSSR count). The van der Waals surface area contributed by atoms with Crippen LogP contribution in [0, 0.1) is 0 Å². The number of anilines is 1. The summed E-state index contributed by atoms with van der Waals surface area (Å²) in [5.74, 6) is 2.08. The third-order valence-corrected chi connectivity index (χ3v) is 6.23. The maximum atomic E-state index is 12.2. The molecular weight excluding hydrogens is 408 g/mol. The molecule has 0 spiro atoms. The summed E-state index contributed by atoms with van der Waals surface area (Å²) in [6.07, 6.45) is 0.616. The monoisotopic (exact) mass is 426 g/mol. The van der Waals surface area contributed by atoms with Gasteiger partial charge in [-0.2, -0.15) is 4.98 Å². The molecule has 0 unspecified atom stereocenters. The van der Waals surface area contributed by atoms with Gasteiger partial charge >= 0.3 is 0 Å². The molecule has 0 atom stereocenters. The summed E-state index contributed by atoms with van der Waals surface area (Å²) in [6, 6.07) is 15.3. The first-order valence-corrected chi connectivity index (χ1v) is 10.7. The zero-order valence-electron chi connectivity index (χ0n) is 15.6. The second-order valence-corrected chi connectivity index (χ2v) is 8.34. The molecular formula is C20H18N4O3S2. The van der Waals surface area contributed by atoms with E-state index >= 15 is 0 Å². The third kappa shape index (κ3) is 4.93. The van der Waals surface area contributed by atoms with Crippen molar-refractivity contribution < 1.29 is 14.1 Å². The van der Waals surface area contributed by atoms with Crippen molar-refractivity contribution in [2.45, 2.75) is 22.9 Å². The molecule has 0 aliphatic heterocycles. The van der Waals surface area contributed by atoms with E-state index in [4.69, 9.17) is 9.26 Å². The van der Waals surface area contributed by atoms with Gasteiger partial charge in [0.05, 0.1) is 28.8 Å². The number of ether oxygens (including phenoxy) is 1. The summed E-state index contributed by atoms with van der Waals surface area (Å²) in [5, 5.41) is 6.83. The fraction of sp³-hybridized carbons (Fsp3) is 0.200. The largest absolute Gasteiger partial charge is 0.495 e. The lowest BCUT2D eigenvalue weighted by Gasteiger charge is -2.08. The van der Waals surface area contributed by atoms with Crippen molar-refractivity contribution in [2.24, 2.45) is 0 Å². The van der Waals surface area contributed by atoms with E-state index in [1.165, 1.54) is 0 Å². The number of thiazole rings is 1. The van der Waals surface area contributed by atoms with Gasteiger partial charge in [-0.25, -0.2) is 4.98 Å². The Morgan fingerprint density at radius 2 is 2.00 bits per heavy atom. The van der Waals surface area contributed by atoms with Crippen LogP contribution in [0.25, 0.3) is 10.2 Å². The van der Waals surface area contributed by atoms with Gasteiger partial charge in [-0.05, 0) is 24.3 Å². The number of nitrogens with one attached hydrogen (secondary N) is 1. The molecule has 2 aromatic carbocycles. The maximum Gasteiger partial charge on any atom is 0.227 e. The molecule has 0 saturated heterocycles. The number of rotatable bonds is 8. The van der Waals surface area contributed by atoms with Crippen molar-refractivity contribution in [2.75, 3.05) is 12.4 Å². The van der Waals surface area contributed by atoms with Gasteiger partial charge in [0.1, 0.15) is 5.75 Å². The van der Waals surface area contributed by atoms with Crippen LogP contribution >= 0.6 is 23.1 Å². The molecule has 2 heterocycles. The van der Waals surface area contributed by atoms with Crippen LogP contribution in [0.1, 0.15) is 18.1 Å². The maximum absolute atomic E-state index is 12.2. The highest BCUT2D eigenvalue weighted by molar-refractivity contribution is 8.00. The van der Waals surface area contributed by atoms with Gasteiger partial charge < -0.3 is 14.6 Å². The summed E-state index contributed by atoms with van der Waals surface area (Å²) in [7, 11) is 1.57. The summed E-state index contributed by atoms with van der Waals surface area (Å²) < 4.78 is 12.6. The Morgan fingerprint density at radius 1 is 1.17 bits per heavy atom. The number of para-hydroxylation sites is 3. The van der Waals surface area contributed by atoms with E-state index in [9.17, 15) is 4.79 Å². The number of hydrogen-bond donors (Lipinski definition) is 1. The Hall–Kier alpha value is -2.91. The first kappa shape index (κ1) is 19.4. The van der Waals surface area contributed by atoms with Crippen LogP contribution in [0.5, 0.6) is 5.75 Å². The van der Waals surface area contributed by atoms with Gasteiger partial charge in [0.15, 0.2) is 10.2 Å². The summed E-state index contributed by atoms with van der Waals surface area (Å²) in [4.78, 5) is 21.1. The number of benzene rings is 2. The Kier molecular flexibility index (Phi) is 6.06. The second kappa shape index (κ2) is 9.06. The number of aromatic nitrogens is 3. The number of carbonyl (C=O) groups excluding carboxylic acids is 1. The van der Waals surface area contributed by atoms with Crippen LogP contribution in [0.4, 0.5) is 5.69 Å². The molecule has 0 aliphatic carbocycles. The standard InChI is InChI=1S/C20H18N4O3S2/c1-26-15-8-4-2-6-13(15)21-18(25)10-11-19-23-17(24-27-19)12-28-20-22-14-7-3-5-9-16(14)29-20/h2-9H,10-12H2,1H3,(H,21,25). The van der Waals surface area contributed by atoms with Gasteiger partial charge in [0.25, 0.3) is 0 Å². The molecule has 1 N–H and O–H groups in total. The van der Waals surface area contributed by atoms with E-state index < -0.39 is 0 Å².